The van der Waals surface area contributed by atoms with Crippen molar-refractivity contribution in [1.82, 2.24) is 15.5 Å². The molecule has 0 bridgehead atoms. The first-order valence-electron chi connectivity index (χ1n) is 7.06. The second-order valence-electron chi connectivity index (χ2n) is 5.65. The smallest absolute Gasteiger partial charge is 0.248 e. The Balaban J connectivity index is 1.64. The Morgan fingerprint density at radius 3 is 2.42 bits per heavy atom. The van der Waals surface area contributed by atoms with Gasteiger partial charge in [0.25, 0.3) is 0 Å². The SMILES string of the molecule is FC1(F)CCC(c2nc(C3CCNCC3)no2)CC1. The minimum Gasteiger partial charge on any atom is -0.339 e. The number of rotatable bonds is 2. The van der Waals surface area contributed by atoms with Crippen LogP contribution in [-0.2, 0) is 0 Å². The minimum absolute atomic E-state index is 0.0163. The summed E-state index contributed by atoms with van der Waals surface area (Å²) >= 11 is 0. The predicted molar refractivity (Wildman–Crippen MR) is 65.3 cm³/mol. The maximum atomic E-state index is 13.1. The highest BCUT2D eigenvalue weighted by Crippen LogP contribution is 2.40. The fraction of sp³-hybridized carbons (Fsp3) is 0.846. The van der Waals surface area contributed by atoms with Gasteiger partial charge < -0.3 is 9.84 Å². The van der Waals surface area contributed by atoms with E-state index in [1.807, 2.05) is 0 Å². The summed E-state index contributed by atoms with van der Waals surface area (Å²) in [6, 6.07) is 0. The van der Waals surface area contributed by atoms with Crippen LogP contribution in [0.1, 0.15) is 62.1 Å². The van der Waals surface area contributed by atoms with E-state index in [-0.39, 0.29) is 18.8 Å². The van der Waals surface area contributed by atoms with Crippen molar-refractivity contribution in [1.29, 1.82) is 0 Å². The molecule has 0 aromatic carbocycles. The quantitative estimate of drug-likeness (QED) is 0.898. The van der Waals surface area contributed by atoms with Gasteiger partial charge in [0.05, 0.1) is 0 Å². The van der Waals surface area contributed by atoms with Crippen molar-refractivity contribution in [2.75, 3.05) is 13.1 Å². The average Bonchev–Trinajstić information content (AvgIpc) is 2.89. The summed E-state index contributed by atoms with van der Waals surface area (Å²) in [5.74, 6) is -0.821. The standard InChI is InChI=1S/C13H19F2N3O/c14-13(15)5-1-10(2-6-13)12-17-11(18-19-12)9-3-7-16-8-4-9/h9-10,16H,1-8H2. The number of aromatic nitrogens is 2. The van der Waals surface area contributed by atoms with Crippen molar-refractivity contribution in [3.8, 4) is 0 Å². The number of nitrogens with one attached hydrogen (secondary N) is 1. The summed E-state index contributed by atoms with van der Waals surface area (Å²) < 4.78 is 31.5. The molecule has 2 aliphatic rings. The van der Waals surface area contributed by atoms with E-state index < -0.39 is 5.92 Å². The Labute approximate surface area is 111 Å². The molecule has 1 aliphatic heterocycles. The molecule has 1 aliphatic carbocycles. The number of hydrogen-bond acceptors (Lipinski definition) is 4. The molecule has 6 heteroatoms. The van der Waals surface area contributed by atoms with Gasteiger partial charge in [-0.3, -0.25) is 0 Å². The molecule has 2 fully saturated rings. The Bertz CT molecular complexity index is 419. The monoisotopic (exact) mass is 271 g/mol. The van der Waals surface area contributed by atoms with Crippen LogP contribution in [0.2, 0.25) is 0 Å². The molecule has 2 heterocycles. The molecule has 1 saturated carbocycles. The first-order valence-corrected chi connectivity index (χ1v) is 7.06. The van der Waals surface area contributed by atoms with Gasteiger partial charge in [-0.05, 0) is 38.8 Å². The van der Waals surface area contributed by atoms with E-state index in [9.17, 15) is 8.78 Å². The summed E-state index contributed by atoms with van der Waals surface area (Å²) in [4.78, 5) is 4.45. The largest absolute Gasteiger partial charge is 0.339 e. The van der Waals surface area contributed by atoms with E-state index >= 15 is 0 Å². The third-order valence-electron chi connectivity index (χ3n) is 4.23. The summed E-state index contributed by atoms with van der Waals surface area (Å²) in [5, 5.41) is 7.34. The third kappa shape index (κ3) is 2.94. The van der Waals surface area contributed by atoms with Gasteiger partial charge in [-0.2, -0.15) is 4.98 Å². The molecule has 1 aromatic rings. The second kappa shape index (κ2) is 5.15. The molecule has 0 radical (unpaired) electrons. The summed E-state index contributed by atoms with van der Waals surface area (Å²) in [5.41, 5.74) is 0. The van der Waals surface area contributed by atoms with Crippen LogP contribution in [-0.4, -0.2) is 29.2 Å². The summed E-state index contributed by atoms with van der Waals surface area (Å²) in [6.45, 7) is 1.95. The lowest BCUT2D eigenvalue weighted by molar-refractivity contribution is -0.0402. The van der Waals surface area contributed by atoms with Crippen LogP contribution in [0.4, 0.5) is 8.78 Å². The Kier molecular flexibility index (Phi) is 3.52. The zero-order chi connectivity index (χ0) is 13.3. The number of piperidine rings is 1. The Morgan fingerprint density at radius 2 is 1.74 bits per heavy atom. The van der Waals surface area contributed by atoms with Crippen molar-refractivity contribution in [2.45, 2.75) is 56.3 Å². The highest BCUT2D eigenvalue weighted by atomic mass is 19.3. The van der Waals surface area contributed by atoms with E-state index in [4.69, 9.17) is 4.52 Å². The Hall–Kier alpha value is -1.04. The molecule has 1 aromatic heterocycles. The molecular weight excluding hydrogens is 252 g/mol. The van der Waals surface area contributed by atoms with E-state index in [1.165, 1.54) is 0 Å². The van der Waals surface area contributed by atoms with Gasteiger partial charge in [-0.25, -0.2) is 8.78 Å². The van der Waals surface area contributed by atoms with Gasteiger partial charge in [-0.15, -0.1) is 0 Å². The molecule has 106 valence electrons. The topological polar surface area (TPSA) is 51.0 Å². The van der Waals surface area contributed by atoms with Gasteiger partial charge in [0.2, 0.25) is 11.8 Å². The first kappa shape index (κ1) is 13.0. The summed E-state index contributed by atoms with van der Waals surface area (Å²) in [6.07, 6.45) is 2.79. The van der Waals surface area contributed by atoms with Crippen LogP contribution in [0.15, 0.2) is 4.52 Å². The van der Waals surface area contributed by atoms with Gasteiger partial charge >= 0.3 is 0 Å². The maximum Gasteiger partial charge on any atom is 0.248 e. The third-order valence-corrected chi connectivity index (χ3v) is 4.23. The molecule has 4 nitrogen and oxygen atoms in total. The number of halogens is 2. The van der Waals surface area contributed by atoms with Gasteiger partial charge in [0.1, 0.15) is 0 Å². The zero-order valence-corrected chi connectivity index (χ0v) is 10.9. The molecule has 0 amide bonds. The fourth-order valence-corrected chi connectivity index (χ4v) is 2.95. The molecule has 0 unspecified atom stereocenters. The fourth-order valence-electron chi connectivity index (χ4n) is 2.95. The molecule has 1 saturated heterocycles. The zero-order valence-electron chi connectivity index (χ0n) is 10.9. The molecule has 3 rings (SSSR count). The van der Waals surface area contributed by atoms with Crippen molar-refractivity contribution < 1.29 is 13.3 Å². The lowest BCUT2D eigenvalue weighted by Crippen LogP contribution is -2.27. The molecule has 0 spiro atoms. The maximum absolute atomic E-state index is 13.1. The Morgan fingerprint density at radius 1 is 1.05 bits per heavy atom. The number of alkyl halides is 2. The van der Waals surface area contributed by atoms with Crippen LogP contribution in [0.3, 0.4) is 0 Å². The van der Waals surface area contributed by atoms with E-state index in [2.05, 4.69) is 15.5 Å². The van der Waals surface area contributed by atoms with Gasteiger partial charge in [0, 0.05) is 24.7 Å². The van der Waals surface area contributed by atoms with Crippen molar-refractivity contribution >= 4 is 0 Å². The van der Waals surface area contributed by atoms with Gasteiger partial charge in [0.15, 0.2) is 5.82 Å². The predicted octanol–water partition coefficient (Wildman–Crippen LogP) is 2.83. The van der Waals surface area contributed by atoms with Crippen molar-refractivity contribution in [3.05, 3.63) is 11.7 Å². The van der Waals surface area contributed by atoms with E-state index in [0.717, 1.165) is 31.8 Å². The highest BCUT2D eigenvalue weighted by Gasteiger charge is 2.37. The number of nitrogens with zero attached hydrogens (tertiary/aromatic N) is 2. The number of hydrogen-bond donors (Lipinski definition) is 1. The van der Waals surface area contributed by atoms with E-state index in [1.54, 1.807) is 0 Å². The van der Waals surface area contributed by atoms with Crippen molar-refractivity contribution in [2.24, 2.45) is 0 Å². The van der Waals surface area contributed by atoms with Crippen LogP contribution >= 0.6 is 0 Å². The lowest BCUT2D eigenvalue weighted by atomic mass is 9.87. The normalized spacial score (nSPS) is 25.6. The molecule has 1 N–H and O–H groups in total. The van der Waals surface area contributed by atoms with Crippen LogP contribution in [0.5, 0.6) is 0 Å². The van der Waals surface area contributed by atoms with Crippen molar-refractivity contribution in [3.63, 3.8) is 0 Å². The van der Waals surface area contributed by atoms with E-state index in [0.29, 0.717) is 24.7 Å². The van der Waals surface area contributed by atoms with Crippen LogP contribution < -0.4 is 5.32 Å². The van der Waals surface area contributed by atoms with Crippen LogP contribution in [0, 0.1) is 0 Å². The highest BCUT2D eigenvalue weighted by molar-refractivity contribution is 5.02. The second-order valence-corrected chi connectivity index (χ2v) is 5.65. The molecule has 0 atom stereocenters. The summed E-state index contributed by atoms with van der Waals surface area (Å²) in [7, 11) is 0. The molecular formula is C13H19F2N3O. The molecule has 19 heavy (non-hydrogen) atoms. The minimum atomic E-state index is -2.51. The van der Waals surface area contributed by atoms with Crippen LogP contribution in [0.25, 0.3) is 0 Å². The average molecular weight is 271 g/mol. The lowest BCUT2D eigenvalue weighted by Gasteiger charge is -2.25. The first-order chi connectivity index (χ1) is 9.14. The van der Waals surface area contributed by atoms with Gasteiger partial charge in [-0.1, -0.05) is 5.16 Å².